The van der Waals surface area contributed by atoms with Crippen molar-refractivity contribution in [3.63, 3.8) is 0 Å². The number of hydrogen-bond donors (Lipinski definition) is 2. The highest BCUT2D eigenvalue weighted by Crippen LogP contribution is 2.41. The predicted octanol–water partition coefficient (Wildman–Crippen LogP) is 6.28. The molecule has 1 aromatic carbocycles. The monoisotopic (exact) mass is 419 g/mol. The summed E-state index contributed by atoms with van der Waals surface area (Å²) in [7, 11) is 0. The molecule has 0 aliphatic heterocycles. The Kier molecular flexibility index (Phi) is 5.74. The average Bonchev–Trinajstić information content (AvgIpc) is 3.37. The van der Waals surface area contributed by atoms with Gasteiger partial charge in [0.25, 0.3) is 5.91 Å². The van der Waals surface area contributed by atoms with Crippen molar-refractivity contribution in [1.29, 1.82) is 0 Å². The van der Waals surface area contributed by atoms with Gasteiger partial charge in [-0.1, -0.05) is 24.3 Å². The molecule has 0 fully saturated rings. The molecule has 3 aromatic heterocycles. The lowest BCUT2D eigenvalue weighted by molar-refractivity contribution is 0.102. The molecule has 29 heavy (non-hydrogen) atoms. The fourth-order valence-electron chi connectivity index (χ4n) is 3.21. The maximum atomic E-state index is 12.8. The Morgan fingerprint density at radius 1 is 1.03 bits per heavy atom. The summed E-state index contributed by atoms with van der Waals surface area (Å²) in [5.41, 5.74) is 4.06. The van der Waals surface area contributed by atoms with Crippen molar-refractivity contribution in [3.05, 3.63) is 98.7 Å². The van der Waals surface area contributed by atoms with Gasteiger partial charge in [0.05, 0.1) is 6.04 Å². The molecular formula is C23H21N3OS2. The van der Waals surface area contributed by atoms with Crippen LogP contribution in [0, 0.1) is 13.8 Å². The summed E-state index contributed by atoms with van der Waals surface area (Å²) < 4.78 is 0. The number of anilines is 2. The topological polar surface area (TPSA) is 54.0 Å². The second-order valence-corrected chi connectivity index (χ2v) is 8.70. The van der Waals surface area contributed by atoms with Crippen LogP contribution in [0.1, 0.15) is 38.0 Å². The van der Waals surface area contributed by atoms with Crippen molar-refractivity contribution < 1.29 is 4.79 Å². The van der Waals surface area contributed by atoms with E-state index in [4.69, 9.17) is 0 Å². The van der Waals surface area contributed by atoms with Crippen molar-refractivity contribution >= 4 is 39.4 Å². The summed E-state index contributed by atoms with van der Waals surface area (Å²) in [5.74, 6) is 0.697. The molecule has 0 spiro atoms. The van der Waals surface area contributed by atoms with E-state index in [2.05, 4.69) is 46.3 Å². The van der Waals surface area contributed by atoms with Gasteiger partial charge in [-0.25, -0.2) is 4.98 Å². The molecule has 0 aliphatic rings. The lowest BCUT2D eigenvalue weighted by atomic mass is 9.98. The zero-order valence-electron chi connectivity index (χ0n) is 16.2. The number of thiophene rings is 2. The first kappa shape index (κ1) is 19.4. The van der Waals surface area contributed by atoms with Crippen LogP contribution in [-0.2, 0) is 0 Å². The fraction of sp³-hybridized carbons (Fsp3) is 0.130. The standard InChI is InChI=1S/C23H21N3OS2/c1-15-16(2)29-23(26-22(27)17-8-4-3-5-9-17)20(15)21(18-11-13-28-14-18)25-19-10-6-7-12-24-19/h3-14,21H,1-2H3,(H,24,25)(H,26,27)/t21-/m0/s1. The largest absolute Gasteiger partial charge is 0.359 e. The van der Waals surface area contributed by atoms with Gasteiger partial charge in [0.15, 0.2) is 0 Å². The second-order valence-electron chi connectivity index (χ2n) is 6.70. The van der Waals surface area contributed by atoms with Gasteiger partial charge < -0.3 is 10.6 Å². The Bertz CT molecular complexity index is 1090. The van der Waals surface area contributed by atoms with Gasteiger partial charge in [0.1, 0.15) is 10.8 Å². The van der Waals surface area contributed by atoms with Crippen LogP contribution < -0.4 is 10.6 Å². The maximum Gasteiger partial charge on any atom is 0.256 e. The van der Waals surface area contributed by atoms with E-state index < -0.39 is 0 Å². The first-order valence-corrected chi connectivity index (χ1v) is 11.1. The first-order valence-electron chi connectivity index (χ1n) is 9.29. The van der Waals surface area contributed by atoms with Gasteiger partial charge in [-0.2, -0.15) is 11.3 Å². The lowest BCUT2D eigenvalue weighted by Crippen LogP contribution is -2.17. The minimum absolute atomic E-state index is 0.102. The number of carbonyl (C=O) groups excluding carboxylic acids is 1. The van der Waals surface area contributed by atoms with E-state index >= 15 is 0 Å². The molecule has 4 rings (SSSR count). The Morgan fingerprint density at radius 2 is 1.83 bits per heavy atom. The number of aromatic nitrogens is 1. The Morgan fingerprint density at radius 3 is 2.52 bits per heavy atom. The summed E-state index contributed by atoms with van der Waals surface area (Å²) in [5, 5.41) is 11.8. The molecular weight excluding hydrogens is 398 g/mol. The zero-order chi connectivity index (χ0) is 20.2. The first-order chi connectivity index (χ1) is 14.1. The third-order valence-corrected chi connectivity index (χ3v) is 6.66. The van der Waals surface area contributed by atoms with E-state index in [9.17, 15) is 4.79 Å². The van der Waals surface area contributed by atoms with Crippen LogP contribution >= 0.6 is 22.7 Å². The molecule has 0 saturated heterocycles. The van der Waals surface area contributed by atoms with E-state index in [1.165, 1.54) is 10.4 Å². The van der Waals surface area contributed by atoms with Crippen molar-refractivity contribution in [3.8, 4) is 0 Å². The van der Waals surface area contributed by atoms with Crippen molar-refractivity contribution in [2.75, 3.05) is 10.6 Å². The van der Waals surface area contributed by atoms with Gasteiger partial charge in [-0.15, -0.1) is 11.3 Å². The van der Waals surface area contributed by atoms with Gasteiger partial charge in [0.2, 0.25) is 0 Å². The molecule has 4 aromatic rings. The molecule has 146 valence electrons. The number of nitrogens with zero attached hydrogens (tertiary/aromatic N) is 1. The molecule has 3 heterocycles. The quantitative estimate of drug-likeness (QED) is 0.387. The predicted molar refractivity (Wildman–Crippen MR) is 122 cm³/mol. The zero-order valence-corrected chi connectivity index (χ0v) is 17.8. The van der Waals surface area contributed by atoms with Gasteiger partial charge in [-0.05, 0) is 66.1 Å². The van der Waals surface area contributed by atoms with E-state index in [-0.39, 0.29) is 11.9 Å². The lowest BCUT2D eigenvalue weighted by Gasteiger charge is -2.21. The third-order valence-electron chi connectivity index (χ3n) is 4.82. The molecule has 4 nitrogen and oxygen atoms in total. The number of nitrogens with one attached hydrogen (secondary N) is 2. The molecule has 1 atom stereocenters. The smallest absolute Gasteiger partial charge is 0.256 e. The Labute approximate surface area is 178 Å². The molecule has 0 bridgehead atoms. The highest BCUT2D eigenvalue weighted by molar-refractivity contribution is 7.16. The van der Waals surface area contributed by atoms with Gasteiger partial charge >= 0.3 is 0 Å². The van der Waals surface area contributed by atoms with Crippen LogP contribution in [0.4, 0.5) is 10.8 Å². The Balaban J connectivity index is 1.73. The summed E-state index contributed by atoms with van der Waals surface area (Å²) in [4.78, 5) is 18.4. The molecule has 0 radical (unpaired) electrons. The Hall–Kier alpha value is -2.96. The number of rotatable bonds is 6. The van der Waals surface area contributed by atoms with Crippen LogP contribution in [0.15, 0.2) is 71.6 Å². The highest BCUT2D eigenvalue weighted by atomic mass is 32.1. The van der Waals surface area contributed by atoms with Crippen LogP contribution in [0.2, 0.25) is 0 Å². The normalized spacial score (nSPS) is 11.8. The minimum atomic E-state index is -0.104. The number of pyridine rings is 1. The summed E-state index contributed by atoms with van der Waals surface area (Å²) in [6.07, 6.45) is 1.77. The van der Waals surface area contributed by atoms with E-state index in [0.29, 0.717) is 5.56 Å². The van der Waals surface area contributed by atoms with Crippen LogP contribution in [0.25, 0.3) is 0 Å². The minimum Gasteiger partial charge on any atom is -0.359 e. The molecule has 0 saturated carbocycles. The fourth-order valence-corrected chi connectivity index (χ4v) is 4.99. The number of amides is 1. The summed E-state index contributed by atoms with van der Waals surface area (Å²) in [6.45, 7) is 4.20. The van der Waals surface area contributed by atoms with Crippen molar-refractivity contribution in [2.24, 2.45) is 0 Å². The van der Waals surface area contributed by atoms with Gasteiger partial charge in [0, 0.05) is 22.2 Å². The summed E-state index contributed by atoms with van der Waals surface area (Å²) in [6, 6.07) is 17.1. The average molecular weight is 420 g/mol. The van der Waals surface area contributed by atoms with Crippen LogP contribution in [-0.4, -0.2) is 10.9 Å². The molecule has 1 amide bonds. The van der Waals surface area contributed by atoms with Gasteiger partial charge in [-0.3, -0.25) is 4.79 Å². The van der Waals surface area contributed by atoms with Crippen molar-refractivity contribution in [1.82, 2.24) is 4.98 Å². The number of aryl methyl sites for hydroxylation is 1. The number of benzene rings is 1. The van der Waals surface area contributed by atoms with Crippen molar-refractivity contribution in [2.45, 2.75) is 19.9 Å². The SMILES string of the molecule is Cc1sc(NC(=O)c2ccccc2)c([C@@H](Nc2ccccn2)c2ccsc2)c1C. The molecule has 6 heteroatoms. The van der Waals surface area contributed by atoms with E-state index in [1.807, 2.05) is 48.5 Å². The number of hydrogen-bond acceptors (Lipinski definition) is 5. The maximum absolute atomic E-state index is 12.8. The van der Waals surface area contributed by atoms with E-state index in [0.717, 1.165) is 21.9 Å². The van der Waals surface area contributed by atoms with E-state index in [1.54, 1.807) is 28.9 Å². The van der Waals surface area contributed by atoms with Crippen LogP contribution in [0.5, 0.6) is 0 Å². The molecule has 2 N–H and O–H groups in total. The third kappa shape index (κ3) is 4.23. The summed E-state index contributed by atoms with van der Waals surface area (Å²) >= 11 is 3.27. The second kappa shape index (κ2) is 8.59. The number of carbonyl (C=O) groups is 1. The van der Waals surface area contributed by atoms with Crippen LogP contribution in [0.3, 0.4) is 0 Å². The molecule has 0 aliphatic carbocycles. The highest BCUT2D eigenvalue weighted by Gasteiger charge is 2.25. The molecule has 0 unspecified atom stereocenters.